The number of nitrogens with one attached hydrogen (secondary N) is 1. The standard InChI is InChI=1S/C11H12N4O4S/c1-12-11(17)19-14-8-9(16)15(10(13-8)20-2)6-7-4-3-5-18-7/h3-5H,6H2,1-2H3,(H,12,17)/b14-8+. The van der Waals surface area contributed by atoms with Gasteiger partial charge in [-0.3, -0.25) is 14.5 Å². The molecule has 0 atom stereocenters. The molecule has 1 aromatic heterocycles. The summed E-state index contributed by atoms with van der Waals surface area (Å²) in [5.41, 5.74) is 0. The van der Waals surface area contributed by atoms with E-state index in [-0.39, 0.29) is 12.4 Å². The summed E-state index contributed by atoms with van der Waals surface area (Å²) in [6, 6.07) is 3.48. The van der Waals surface area contributed by atoms with E-state index in [1.54, 1.807) is 18.4 Å². The fourth-order valence-corrected chi connectivity index (χ4v) is 2.00. The highest BCUT2D eigenvalue weighted by atomic mass is 32.2. The number of oxime groups is 1. The minimum Gasteiger partial charge on any atom is -0.467 e. The van der Waals surface area contributed by atoms with Crippen LogP contribution in [0.15, 0.2) is 33.0 Å². The van der Waals surface area contributed by atoms with Gasteiger partial charge in [-0.05, 0) is 23.5 Å². The van der Waals surface area contributed by atoms with Crippen LogP contribution in [0.5, 0.6) is 0 Å². The van der Waals surface area contributed by atoms with Crippen molar-refractivity contribution in [1.29, 1.82) is 0 Å². The Morgan fingerprint density at radius 3 is 3.05 bits per heavy atom. The van der Waals surface area contributed by atoms with Crippen LogP contribution in [-0.2, 0) is 16.2 Å². The molecule has 0 aliphatic carbocycles. The molecule has 20 heavy (non-hydrogen) atoms. The molecule has 2 rings (SSSR count). The molecule has 9 heteroatoms. The monoisotopic (exact) mass is 296 g/mol. The van der Waals surface area contributed by atoms with E-state index in [1.807, 2.05) is 0 Å². The van der Waals surface area contributed by atoms with Crippen LogP contribution >= 0.6 is 11.8 Å². The number of amides is 2. The molecule has 1 aliphatic heterocycles. The van der Waals surface area contributed by atoms with Crippen molar-refractivity contribution in [3.63, 3.8) is 0 Å². The minimum atomic E-state index is -0.768. The first-order chi connectivity index (χ1) is 9.65. The topological polar surface area (TPSA) is 96.5 Å². The highest BCUT2D eigenvalue weighted by molar-refractivity contribution is 8.13. The number of aliphatic imine (C=N–C) groups is 1. The number of hydrogen-bond donors (Lipinski definition) is 1. The molecule has 1 aliphatic rings. The Hall–Kier alpha value is -2.29. The highest BCUT2D eigenvalue weighted by Crippen LogP contribution is 2.18. The summed E-state index contributed by atoms with van der Waals surface area (Å²) in [5, 5.41) is 6.11. The molecule has 0 unspecified atom stereocenters. The molecule has 0 saturated carbocycles. The molecule has 2 heterocycles. The molecule has 1 aromatic rings. The first-order valence-electron chi connectivity index (χ1n) is 5.59. The summed E-state index contributed by atoms with van der Waals surface area (Å²) in [7, 11) is 1.39. The second kappa shape index (κ2) is 6.24. The molecule has 0 fully saturated rings. The van der Waals surface area contributed by atoms with Gasteiger partial charge in [-0.2, -0.15) is 4.99 Å². The third kappa shape index (κ3) is 2.99. The van der Waals surface area contributed by atoms with Crippen molar-refractivity contribution in [2.45, 2.75) is 6.54 Å². The Kier molecular flexibility index (Phi) is 4.41. The van der Waals surface area contributed by atoms with Crippen LogP contribution in [-0.4, -0.2) is 41.2 Å². The lowest BCUT2D eigenvalue weighted by atomic mass is 10.4. The number of carbonyl (C=O) groups excluding carboxylic acids is 2. The molecule has 0 saturated heterocycles. The number of rotatable bonds is 3. The summed E-state index contributed by atoms with van der Waals surface area (Å²) in [6.45, 7) is 0.241. The van der Waals surface area contributed by atoms with Gasteiger partial charge in [0.2, 0.25) is 0 Å². The van der Waals surface area contributed by atoms with Crippen molar-refractivity contribution in [3.8, 4) is 0 Å². The van der Waals surface area contributed by atoms with Crippen molar-refractivity contribution in [2.24, 2.45) is 10.1 Å². The molecule has 0 spiro atoms. The Morgan fingerprint density at radius 2 is 2.45 bits per heavy atom. The third-order valence-electron chi connectivity index (χ3n) is 2.36. The zero-order valence-electron chi connectivity index (χ0n) is 10.8. The maximum Gasteiger partial charge on any atom is 0.433 e. The van der Waals surface area contributed by atoms with Gasteiger partial charge < -0.3 is 9.73 Å². The molecule has 2 amide bonds. The number of thioether (sulfide) groups is 1. The van der Waals surface area contributed by atoms with Gasteiger partial charge in [0.15, 0.2) is 5.17 Å². The summed E-state index contributed by atoms with van der Waals surface area (Å²) in [6.07, 6.45) is 2.54. The fraction of sp³-hybridized carbons (Fsp3) is 0.273. The Bertz CT molecular complexity index is 567. The largest absolute Gasteiger partial charge is 0.467 e. The van der Waals surface area contributed by atoms with E-state index < -0.39 is 12.0 Å². The normalized spacial score (nSPS) is 16.5. The summed E-state index contributed by atoms with van der Waals surface area (Å²) >= 11 is 1.29. The second-order valence-corrected chi connectivity index (χ2v) is 4.39. The zero-order chi connectivity index (χ0) is 14.5. The quantitative estimate of drug-likeness (QED) is 0.663. The van der Waals surface area contributed by atoms with Crippen LogP contribution < -0.4 is 5.32 Å². The van der Waals surface area contributed by atoms with E-state index >= 15 is 0 Å². The second-order valence-electron chi connectivity index (χ2n) is 3.61. The van der Waals surface area contributed by atoms with Crippen molar-refractivity contribution in [1.82, 2.24) is 10.2 Å². The average molecular weight is 296 g/mol. The van der Waals surface area contributed by atoms with Gasteiger partial charge in [-0.1, -0.05) is 11.8 Å². The van der Waals surface area contributed by atoms with Crippen molar-refractivity contribution >= 4 is 34.8 Å². The Morgan fingerprint density at radius 1 is 1.65 bits per heavy atom. The van der Waals surface area contributed by atoms with Crippen LogP contribution in [0, 0.1) is 0 Å². The molecule has 1 N–H and O–H groups in total. The molecule has 106 valence electrons. The summed E-state index contributed by atoms with van der Waals surface area (Å²) < 4.78 is 5.19. The number of nitrogens with zero attached hydrogens (tertiary/aromatic N) is 3. The van der Waals surface area contributed by atoms with Gasteiger partial charge in [-0.25, -0.2) is 4.79 Å². The molecular formula is C11H12N4O4S. The smallest absolute Gasteiger partial charge is 0.433 e. The Balaban J connectivity index is 2.13. The van der Waals surface area contributed by atoms with E-state index in [0.29, 0.717) is 10.9 Å². The number of amidine groups is 2. The number of carbonyl (C=O) groups is 2. The Labute approximate surface area is 118 Å². The van der Waals surface area contributed by atoms with Gasteiger partial charge in [0.25, 0.3) is 5.84 Å². The lowest BCUT2D eigenvalue weighted by molar-refractivity contribution is -0.120. The number of hydrogen-bond acceptors (Lipinski definition) is 6. The van der Waals surface area contributed by atoms with E-state index in [1.165, 1.54) is 30.0 Å². The van der Waals surface area contributed by atoms with Crippen molar-refractivity contribution < 1.29 is 18.8 Å². The van der Waals surface area contributed by atoms with Crippen LogP contribution in [0.4, 0.5) is 4.79 Å². The predicted molar refractivity (Wildman–Crippen MR) is 73.2 cm³/mol. The van der Waals surface area contributed by atoms with Gasteiger partial charge in [-0.15, -0.1) is 0 Å². The van der Waals surface area contributed by atoms with Crippen molar-refractivity contribution in [2.75, 3.05) is 13.3 Å². The van der Waals surface area contributed by atoms with E-state index in [9.17, 15) is 9.59 Å². The van der Waals surface area contributed by atoms with E-state index in [2.05, 4.69) is 20.3 Å². The maximum absolute atomic E-state index is 12.1. The molecule has 8 nitrogen and oxygen atoms in total. The minimum absolute atomic E-state index is 0.176. The van der Waals surface area contributed by atoms with Crippen LogP contribution in [0.3, 0.4) is 0 Å². The van der Waals surface area contributed by atoms with Crippen molar-refractivity contribution in [3.05, 3.63) is 24.2 Å². The molecule has 0 bridgehead atoms. The summed E-state index contributed by atoms with van der Waals surface area (Å²) in [4.78, 5) is 32.9. The first-order valence-corrected chi connectivity index (χ1v) is 6.82. The lowest BCUT2D eigenvalue weighted by Crippen LogP contribution is -2.32. The summed E-state index contributed by atoms with van der Waals surface area (Å²) in [5.74, 6) is -0.00673. The SMILES string of the molecule is CNC(=O)O/N=C1/N=C(SC)N(Cc2ccco2)C1=O. The highest BCUT2D eigenvalue weighted by Gasteiger charge is 2.32. The molecular weight excluding hydrogens is 284 g/mol. The third-order valence-corrected chi connectivity index (χ3v) is 3.04. The van der Waals surface area contributed by atoms with Gasteiger partial charge in [0.1, 0.15) is 5.76 Å². The van der Waals surface area contributed by atoms with Crippen LogP contribution in [0.25, 0.3) is 0 Å². The molecule has 0 aromatic carbocycles. The maximum atomic E-state index is 12.1. The zero-order valence-corrected chi connectivity index (χ0v) is 11.6. The van der Waals surface area contributed by atoms with E-state index in [4.69, 9.17) is 4.42 Å². The van der Waals surface area contributed by atoms with E-state index in [0.717, 1.165) is 0 Å². The van der Waals surface area contributed by atoms with Crippen LogP contribution in [0.2, 0.25) is 0 Å². The van der Waals surface area contributed by atoms with Gasteiger partial charge in [0, 0.05) is 7.05 Å². The fourth-order valence-electron chi connectivity index (χ4n) is 1.45. The lowest BCUT2D eigenvalue weighted by Gasteiger charge is -2.14. The van der Waals surface area contributed by atoms with Gasteiger partial charge in [0.05, 0.1) is 12.8 Å². The number of furan rings is 1. The average Bonchev–Trinajstić information content (AvgIpc) is 3.07. The van der Waals surface area contributed by atoms with Gasteiger partial charge >= 0.3 is 12.0 Å². The van der Waals surface area contributed by atoms with Crippen LogP contribution in [0.1, 0.15) is 5.76 Å². The predicted octanol–water partition coefficient (Wildman–Crippen LogP) is 1.01. The molecule has 0 radical (unpaired) electrons. The first kappa shape index (κ1) is 14.1.